The van der Waals surface area contributed by atoms with Crippen molar-refractivity contribution in [2.75, 3.05) is 20.8 Å². The fraction of sp³-hybridized carbons (Fsp3) is 0.500. The lowest BCUT2D eigenvalue weighted by Crippen LogP contribution is -2.47. The molecule has 10 nitrogen and oxygen atoms in total. The normalized spacial score (nSPS) is 13.3. The van der Waals surface area contributed by atoms with Crippen LogP contribution < -0.4 is 10.6 Å². The second-order valence-electron chi connectivity index (χ2n) is 6.63. The second-order valence-corrected chi connectivity index (χ2v) is 6.63. The number of hydrogen-bond acceptors (Lipinski definition) is 8. The molecular formula is C20H28N2O8. The zero-order valence-electron chi connectivity index (χ0n) is 17.3. The standard InChI is InChI=1S/C20H28N2O8/c1-13(9-17(25)28-2)18(19(26)29-3)22-16(24)10-15(23)11-21-20(27)30-12-14-7-5-4-6-8-14/h4-8,13,15,18,23H,9-12H2,1-3H3,(H,21,27)(H,22,24)/t13-,15+,18-/m1/s1. The van der Waals surface area contributed by atoms with Gasteiger partial charge in [-0.1, -0.05) is 37.3 Å². The van der Waals surface area contributed by atoms with Gasteiger partial charge in [0.15, 0.2) is 0 Å². The van der Waals surface area contributed by atoms with E-state index in [1.807, 2.05) is 18.2 Å². The van der Waals surface area contributed by atoms with Crippen molar-refractivity contribution in [2.24, 2.45) is 5.92 Å². The van der Waals surface area contributed by atoms with E-state index in [9.17, 15) is 24.3 Å². The smallest absolute Gasteiger partial charge is 0.407 e. The van der Waals surface area contributed by atoms with Crippen molar-refractivity contribution in [2.45, 2.75) is 38.5 Å². The van der Waals surface area contributed by atoms with Crippen LogP contribution in [0.3, 0.4) is 0 Å². The Morgan fingerprint density at radius 2 is 1.70 bits per heavy atom. The third-order valence-electron chi connectivity index (χ3n) is 4.17. The summed E-state index contributed by atoms with van der Waals surface area (Å²) in [6, 6.07) is 7.97. The molecule has 0 heterocycles. The van der Waals surface area contributed by atoms with Gasteiger partial charge in [-0.05, 0) is 11.5 Å². The first-order valence-electron chi connectivity index (χ1n) is 9.33. The van der Waals surface area contributed by atoms with Gasteiger partial charge in [-0.25, -0.2) is 9.59 Å². The van der Waals surface area contributed by atoms with Crippen LogP contribution in [0.5, 0.6) is 0 Å². The van der Waals surface area contributed by atoms with Gasteiger partial charge in [0.1, 0.15) is 12.6 Å². The van der Waals surface area contributed by atoms with Crippen molar-refractivity contribution in [1.29, 1.82) is 0 Å². The van der Waals surface area contributed by atoms with E-state index in [2.05, 4.69) is 20.1 Å². The molecule has 0 aliphatic rings. The van der Waals surface area contributed by atoms with Crippen molar-refractivity contribution in [3.8, 4) is 0 Å². The number of ether oxygens (including phenoxy) is 3. The van der Waals surface area contributed by atoms with E-state index in [0.717, 1.165) is 12.7 Å². The maximum atomic E-state index is 12.2. The topological polar surface area (TPSA) is 140 Å². The van der Waals surface area contributed by atoms with Gasteiger partial charge in [0, 0.05) is 6.54 Å². The summed E-state index contributed by atoms with van der Waals surface area (Å²) in [4.78, 5) is 47.2. The molecule has 1 aromatic carbocycles. The van der Waals surface area contributed by atoms with E-state index < -0.39 is 42.0 Å². The molecule has 0 saturated heterocycles. The first-order valence-corrected chi connectivity index (χ1v) is 9.33. The summed E-state index contributed by atoms with van der Waals surface area (Å²) in [6.07, 6.45) is -2.42. The summed E-state index contributed by atoms with van der Waals surface area (Å²) in [6.45, 7) is 1.43. The first kappa shape index (κ1) is 24.9. The van der Waals surface area contributed by atoms with E-state index in [4.69, 9.17) is 4.74 Å². The number of aliphatic hydroxyl groups excluding tert-OH is 1. The minimum absolute atomic E-state index is 0.0716. The molecule has 2 amide bonds. The summed E-state index contributed by atoms with van der Waals surface area (Å²) < 4.78 is 14.2. The van der Waals surface area contributed by atoms with Crippen LogP contribution in [0.1, 0.15) is 25.3 Å². The van der Waals surface area contributed by atoms with Crippen molar-refractivity contribution in [3.63, 3.8) is 0 Å². The second kappa shape index (κ2) is 13.2. The molecule has 3 atom stereocenters. The Labute approximate surface area is 174 Å². The van der Waals surface area contributed by atoms with Crippen LogP contribution >= 0.6 is 0 Å². The predicted molar refractivity (Wildman–Crippen MR) is 105 cm³/mol. The van der Waals surface area contributed by atoms with E-state index in [0.29, 0.717) is 0 Å². The van der Waals surface area contributed by atoms with Gasteiger partial charge in [-0.3, -0.25) is 9.59 Å². The molecular weight excluding hydrogens is 396 g/mol. The number of esters is 2. The van der Waals surface area contributed by atoms with E-state index in [1.54, 1.807) is 19.1 Å². The number of nitrogens with one attached hydrogen (secondary N) is 2. The van der Waals surface area contributed by atoms with Crippen LogP contribution in [-0.4, -0.2) is 62.0 Å². The number of alkyl carbamates (subject to hydrolysis) is 1. The van der Waals surface area contributed by atoms with Crippen molar-refractivity contribution in [1.82, 2.24) is 10.6 Å². The highest BCUT2D eigenvalue weighted by atomic mass is 16.5. The van der Waals surface area contributed by atoms with Gasteiger partial charge >= 0.3 is 18.0 Å². The molecule has 166 valence electrons. The van der Waals surface area contributed by atoms with Crippen LogP contribution in [0.15, 0.2) is 30.3 Å². The molecule has 0 aliphatic heterocycles. The van der Waals surface area contributed by atoms with Gasteiger partial charge in [-0.2, -0.15) is 0 Å². The fourth-order valence-electron chi connectivity index (χ4n) is 2.52. The van der Waals surface area contributed by atoms with Crippen LogP contribution in [-0.2, 0) is 35.2 Å². The summed E-state index contributed by atoms with van der Waals surface area (Å²) in [5.41, 5.74) is 0.808. The minimum atomic E-state index is -1.21. The number of hydrogen-bond donors (Lipinski definition) is 3. The summed E-state index contributed by atoms with van der Waals surface area (Å²) >= 11 is 0. The van der Waals surface area contributed by atoms with Crippen molar-refractivity contribution in [3.05, 3.63) is 35.9 Å². The average molecular weight is 424 g/mol. The van der Waals surface area contributed by atoms with E-state index >= 15 is 0 Å². The largest absolute Gasteiger partial charge is 0.469 e. The van der Waals surface area contributed by atoms with Crippen LogP contribution in [0, 0.1) is 5.92 Å². The number of amides is 2. The minimum Gasteiger partial charge on any atom is -0.469 e. The molecule has 0 fully saturated rings. The monoisotopic (exact) mass is 424 g/mol. The molecule has 0 radical (unpaired) electrons. The van der Waals surface area contributed by atoms with Crippen LogP contribution in [0.4, 0.5) is 4.79 Å². The highest BCUT2D eigenvalue weighted by Gasteiger charge is 2.30. The maximum absolute atomic E-state index is 12.2. The van der Waals surface area contributed by atoms with Crippen LogP contribution in [0.2, 0.25) is 0 Å². The molecule has 0 bridgehead atoms. The average Bonchev–Trinajstić information content (AvgIpc) is 2.74. The Balaban J connectivity index is 2.43. The third-order valence-corrected chi connectivity index (χ3v) is 4.17. The summed E-state index contributed by atoms with van der Waals surface area (Å²) in [5.74, 6) is -2.49. The fourth-order valence-corrected chi connectivity index (χ4v) is 2.52. The van der Waals surface area contributed by atoms with Gasteiger partial charge in [0.2, 0.25) is 5.91 Å². The van der Waals surface area contributed by atoms with Crippen molar-refractivity contribution < 1.29 is 38.5 Å². The van der Waals surface area contributed by atoms with E-state index in [-0.39, 0.29) is 26.0 Å². The molecule has 3 N–H and O–H groups in total. The number of methoxy groups -OCH3 is 2. The number of aliphatic hydroxyl groups is 1. The summed E-state index contributed by atoms with van der Waals surface area (Å²) in [5, 5.41) is 14.8. The molecule has 0 aromatic heterocycles. The zero-order chi connectivity index (χ0) is 22.5. The number of rotatable bonds is 11. The van der Waals surface area contributed by atoms with Gasteiger partial charge in [0.25, 0.3) is 0 Å². The van der Waals surface area contributed by atoms with E-state index in [1.165, 1.54) is 7.11 Å². The Morgan fingerprint density at radius 3 is 2.30 bits per heavy atom. The Kier molecular flexibility index (Phi) is 10.9. The lowest BCUT2D eigenvalue weighted by atomic mass is 9.98. The van der Waals surface area contributed by atoms with Gasteiger partial charge in [0.05, 0.1) is 33.2 Å². The summed E-state index contributed by atoms with van der Waals surface area (Å²) in [7, 11) is 2.38. The predicted octanol–water partition coefficient (Wildman–Crippen LogP) is 0.521. The van der Waals surface area contributed by atoms with Crippen LogP contribution in [0.25, 0.3) is 0 Å². The molecule has 0 aliphatic carbocycles. The molecule has 10 heteroatoms. The number of carbonyl (C=O) groups is 4. The molecule has 0 saturated carbocycles. The van der Waals surface area contributed by atoms with Gasteiger partial charge in [-0.15, -0.1) is 0 Å². The quantitative estimate of drug-likeness (QED) is 0.345. The molecule has 0 spiro atoms. The molecule has 1 rings (SSSR count). The Bertz CT molecular complexity index is 710. The Morgan fingerprint density at radius 1 is 1.03 bits per heavy atom. The first-order chi connectivity index (χ1) is 14.3. The maximum Gasteiger partial charge on any atom is 0.407 e. The lowest BCUT2D eigenvalue weighted by molar-refractivity contribution is -0.148. The zero-order valence-corrected chi connectivity index (χ0v) is 17.3. The lowest BCUT2D eigenvalue weighted by Gasteiger charge is -2.22. The van der Waals surface area contributed by atoms with Gasteiger partial charge < -0.3 is 30.0 Å². The highest BCUT2D eigenvalue weighted by molar-refractivity contribution is 5.85. The SMILES string of the molecule is COC(=O)C[C@@H](C)[C@@H](NC(=O)C[C@H](O)CNC(=O)OCc1ccccc1)C(=O)OC. The highest BCUT2D eigenvalue weighted by Crippen LogP contribution is 2.11. The molecule has 1 aromatic rings. The Hall–Kier alpha value is -3.14. The van der Waals surface area contributed by atoms with Crippen molar-refractivity contribution >= 4 is 23.9 Å². The molecule has 0 unspecified atom stereocenters. The molecule has 30 heavy (non-hydrogen) atoms. The number of carbonyl (C=O) groups excluding carboxylic acids is 4. The number of benzene rings is 1. The third kappa shape index (κ3) is 9.37.